The van der Waals surface area contributed by atoms with E-state index in [2.05, 4.69) is 6.92 Å². The molecule has 0 aliphatic rings. The number of rotatable bonds is 7. The van der Waals surface area contributed by atoms with Gasteiger partial charge in [0.1, 0.15) is 16.7 Å². The van der Waals surface area contributed by atoms with Crippen molar-refractivity contribution in [1.82, 2.24) is 24.1 Å². The highest BCUT2D eigenvalue weighted by molar-refractivity contribution is 6.31. The average molecular weight is 460 g/mol. The monoisotopic (exact) mass is 459 g/mol. The van der Waals surface area contributed by atoms with Gasteiger partial charge in [-0.25, -0.2) is 15.0 Å². The lowest BCUT2D eigenvalue weighted by atomic mass is 10.2. The third kappa shape index (κ3) is 3.89. The zero-order valence-electron chi connectivity index (χ0n) is 18.9. The van der Waals surface area contributed by atoms with Gasteiger partial charge in [0.25, 0.3) is 5.56 Å². The van der Waals surface area contributed by atoms with Crippen LogP contribution in [0.4, 0.5) is 0 Å². The highest BCUT2D eigenvalue weighted by Gasteiger charge is 2.21. The Labute approximate surface area is 196 Å². The molecule has 0 unspecified atom stereocenters. The highest BCUT2D eigenvalue weighted by Crippen LogP contribution is 2.27. The van der Waals surface area contributed by atoms with E-state index in [9.17, 15) is 4.79 Å². The van der Waals surface area contributed by atoms with E-state index < -0.39 is 0 Å². The number of halogens is 1. The van der Waals surface area contributed by atoms with Crippen LogP contribution in [0, 0.1) is 6.92 Å². The summed E-state index contributed by atoms with van der Waals surface area (Å²) >= 11 is 6.47. The number of para-hydroxylation sites is 2. The summed E-state index contributed by atoms with van der Waals surface area (Å²) in [4.78, 5) is 28.4. The number of fused-ring (bicyclic) bond motifs is 4. The first-order chi connectivity index (χ1) is 16.1. The summed E-state index contributed by atoms with van der Waals surface area (Å²) in [6.07, 6.45) is 4.37. The molecule has 3 heterocycles. The number of hydrogen-bond donors (Lipinski definition) is 0. The van der Waals surface area contributed by atoms with E-state index in [-0.39, 0.29) is 5.56 Å². The number of unbranched alkanes of at least 4 members (excludes halogenated alkanes) is 3. The third-order valence-corrected chi connectivity index (χ3v) is 6.53. The molecular formula is C26H26ClN5O. The summed E-state index contributed by atoms with van der Waals surface area (Å²) in [5, 5.41) is 1.19. The Hall–Kier alpha value is -3.25. The van der Waals surface area contributed by atoms with Gasteiger partial charge in [-0.15, -0.1) is 0 Å². The topological polar surface area (TPSA) is 65.6 Å². The molecule has 0 atom stereocenters. The predicted octanol–water partition coefficient (Wildman–Crippen LogP) is 5.88. The van der Waals surface area contributed by atoms with Crippen LogP contribution in [0.25, 0.3) is 33.2 Å². The fraction of sp³-hybridized carbons (Fsp3) is 0.308. The van der Waals surface area contributed by atoms with Crippen LogP contribution in [-0.4, -0.2) is 24.1 Å². The van der Waals surface area contributed by atoms with Crippen molar-refractivity contribution in [3.05, 3.63) is 75.3 Å². The molecule has 7 heteroatoms. The summed E-state index contributed by atoms with van der Waals surface area (Å²) in [7, 11) is 0. The summed E-state index contributed by atoms with van der Waals surface area (Å²) in [5.74, 6) is 0.705. The Bertz CT molecular complexity index is 1540. The van der Waals surface area contributed by atoms with Gasteiger partial charge < -0.3 is 4.57 Å². The predicted molar refractivity (Wildman–Crippen MR) is 134 cm³/mol. The van der Waals surface area contributed by atoms with Crippen molar-refractivity contribution in [3.8, 4) is 0 Å². The van der Waals surface area contributed by atoms with Crippen molar-refractivity contribution >= 4 is 44.8 Å². The van der Waals surface area contributed by atoms with E-state index in [1.165, 1.54) is 0 Å². The zero-order valence-corrected chi connectivity index (χ0v) is 19.6. The molecular weight excluding hydrogens is 434 g/mol. The maximum absolute atomic E-state index is 13.7. The number of nitrogens with zero attached hydrogens (tertiary/aromatic N) is 5. The van der Waals surface area contributed by atoms with Crippen molar-refractivity contribution < 1.29 is 0 Å². The van der Waals surface area contributed by atoms with Crippen LogP contribution in [0.1, 0.15) is 44.0 Å². The number of hydrogen-bond acceptors (Lipinski definition) is 4. The molecule has 2 aromatic carbocycles. The Balaban J connectivity index is 1.77. The maximum Gasteiger partial charge on any atom is 0.265 e. The van der Waals surface area contributed by atoms with Gasteiger partial charge in [0, 0.05) is 11.6 Å². The van der Waals surface area contributed by atoms with E-state index in [1.807, 2.05) is 60.0 Å². The lowest BCUT2D eigenvalue weighted by Crippen LogP contribution is -2.24. The van der Waals surface area contributed by atoms with E-state index in [0.717, 1.165) is 42.3 Å². The summed E-state index contributed by atoms with van der Waals surface area (Å²) in [5.41, 5.74) is 4.28. The molecule has 5 rings (SSSR count). The molecule has 5 aromatic rings. The molecule has 0 aliphatic heterocycles. The van der Waals surface area contributed by atoms with E-state index in [1.54, 1.807) is 4.57 Å². The molecule has 3 aromatic heterocycles. The molecule has 0 radical (unpaired) electrons. The Morgan fingerprint density at radius 1 is 0.848 bits per heavy atom. The van der Waals surface area contributed by atoms with Crippen LogP contribution in [0.3, 0.4) is 0 Å². The van der Waals surface area contributed by atoms with Crippen LogP contribution in [0.2, 0.25) is 5.02 Å². The van der Waals surface area contributed by atoms with Gasteiger partial charge >= 0.3 is 0 Å². The molecule has 0 N–H and O–H groups in total. The van der Waals surface area contributed by atoms with Crippen molar-refractivity contribution in [2.75, 3.05) is 0 Å². The molecule has 0 bridgehead atoms. The van der Waals surface area contributed by atoms with Crippen molar-refractivity contribution in [3.63, 3.8) is 0 Å². The van der Waals surface area contributed by atoms with E-state index in [0.29, 0.717) is 46.1 Å². The first-order valence-electron chi connectivity index (χ1n) is 11.5. The van der Waals surface area contributed by atoms with Gasteiger partial charge in [-0.2, -0.15) is 0 Å². The van der Waals surface area contributed by atoms with Gasteiger partial charge in [0.05, 0.1) is 17.6 Å². The smallest absolute Gasteiger partial charge is 0.265 e. The van der Waals surface area contributed by atoms with Gasteiger partial charge in [0.2, 0.25) is 0 Å². The average Bonchev–Trinajstić information content (AvgIpc) is 3.10. The second-order valence-electron chi connectivity index (χ2n) is 8.44. The van der Waals surface area contributed by atoms with Gasteiger partial charge in [-0.1, -0.05) is 68.1 Å². The summed E-state index contributed by atoms with van der Waals surface area (Å²) in [6.45, 7) is 5.20. The first kappa shape index (κ1) is 21.6. The second-order valence-corrected chi connectivity index (χ2v) is 8.84. The lowest BCUT2D eigenvalue weighted by molar-refractivity contribution is 0.555. The molecule has 0 fully saturated rings. The first-order valence-corrected chi connectivity index (χ1v) is 11.9. The largest absolute Gasteiger partial charge is 0.304 e. The molecule has 33 heavy (non-hydrogen) atoms. The minimum Gasteiger partial charge on any atom is -0.304 e. The third-order valence-electron chi connectivity index (χ3n) is 6.16. The molecule has 0 saturated heterocycles. The minimum atomic E-state index is -0.0542. The Kier molecular flexibility index (Phi) is 5.85. The minimum absolute atomic E-state index is 0.0542. The molecule has 0 aliphatic carbocycles. The normalized spacial score (nSPS) is 11.7. The van der Waals surface area contributed by atoms with E-state index >= 15 is 0 Å². The quantitative estimate of drug-likeness (QED) is 0.285. The molecule has 0 amide bonds. The Morgan fingerprint density at radius 3 is 2.33 bits per heavy atom. The zero-order chi connectivity index (χ0) is 22.9. The summed E-state index contributed by atoms with van der Waals surface area (Å²) in [6, 6.07) is 15.4. The molecule has 0 spiro atoms. The second kappa shape index (κ2) is 8.94. The van der Waals surface area contributed by atoms with E-state index in [4.69, 9.17) is 26.6 Å². The van der Waals surface area contributed by atoms with Crippen LogP contribution in [0.15, 0.2) is 53.3 Å². The fourth-order valence-electron chi connectivity index (χ4n) is 4.40. The molecule has 168 valence electrons. The standard InChI is InChI=1S/C26H26ClN5O/c1-3-4-5-10-15-31-17(2)28-24-22(26(31)33)23-25(30-21-14-9-8-13-20(21)29-23)32(24)16-18-11-6-7-12-19(18)27/h6-9,11-14H,3-5,10,15-16H2,1-2H3. The van der Waals surface area contributed by atoms with Crippen molar-refractivity contribution in [2.24, 2.45) is 0 Å². The highest BCUT2D eigenvalue weighted by atomic mass is 35.5. The molecule has 6 nitrogen and oxygen atoms in total. The van der Waals surface area contributed by atoms with Gasteiger partial charge in [0.15, 0.2) is 11.3 Å². The van der Waals surface area contributed by atoms with Crippen molar-refractivity contribution in [1.29, 1.82) is 0 Å². The molecule has 0 saturated carbocycles. The van der Waals surface area contributed by atoms with Gasteiger partial charge in [-0.05, 0) is 37.1 Å². The number of benzene rings is 2. The lowest BCUT2D eigenvalue weighted by Gasteiger charge is -2.11. The summed E-state index contributed by atoms with van der Waals surface area (Å²) < 4.78 is 3.76. The number of aryl methyl sites for hydroxylation is 1. The fourth-order valence-corrected chi connectivity index (χ4v) is 4.60. The van der Waals surface area contributed by atoms with Gasteiger partial charge in [-0.3, -0.25) is 9.36 Å². The van der Waals surface area contributed by atoms with Crippen LogP contribution >= 0.6 is 11.6 Å². The number of aromatic nitrogens is 5. The maximum atomic E-state index is 13.7. The van der Waals surface area contributed by atoms with Crippen LogP contribution in [-0.2, 0) is 13.1 Å². The van der Waals surface area contributed by atoms with Crippen molar-refractivity contribution in [2.45, 2.75) is 52.6 Å². The Morgan fingerprint density at radius 2 is 1.58 bits per heavy atom. The SMILES string of the molecule is CCCCCCn1c(C)nc2c(c1=O)c1nc3ccccc3nc1n2Cc1ccccc1Cl. The van der Waals surface area contributed by atoms with Crippen LogP contribution in [0.5, 0.6) is 0 Å². The van der Waals surface area contributed by atoms with Crippen LogP contribution < -0.4 is 5.56 Å².